The Hall–Kier alpha value is -2.04. The number of hydrogen-bond donors (Lipinski definition) is 2. The van der Waals surface area contributed by atoms with Crippen LogP contribution in [0.4, 0.5) is 5.69 Å². The Morgan fingerprint density at radius 3 is 2.93 bits per heavy atom. The summed E-state index contributed by atoms with van der Waals surface area (Å²) in [7, 11) is 0. The maximum absolute atomic E-state index is 10.8. The minimum Gasteiger partial charge on any atom is -0.478 e. The lowest BCUT2D eigenvalue weighted by Gasteiger charge is -2.02. The van der Waals surface area contributed by atoms with E-state index < -0.39 is 5.97 Å². The van der Waals surface area contributed by atoms with Crippen molar-refractivity contribution >= 4 is 22.7 Å². The summed E-state index contributed by atoms with van der Waals surface area (Å²) in [5.41, 5.74) is 7.73. The summed E-state index contributed by atoms with van der Waals surface area (Å²) in [6, 6.07) is 3.02. The number of nitrogens with zero attached hydrogens (tertiary/aromatic N) is 2. The largest absolute Gasteiger partial charge is 0.478 e. The van der Waals surface area contributed by atoms with E-state index in [0.29, 0.717) is 11.2 Å². The quantitative estimate of drug-likeness (QED) is 0.725. The van der Waals surface area contributed by atoms with Gasteiger partial charge in [-0.3, -0.25) is 0 Å². The fourth-order valence-corrected chi connectivity index (χ4v) is 1.57. The van der Waals surface area contributed by atoms with E-state index in [0.717, 1.165) is 12.1 Å². The molecular weight excluding hydrogens is 194 g/mol. The zero-order chi connectivity index (χ0) is 11.0. The topological polar surface area (TPSA) is 81.1 Å². The molecule has 15 heavy (non-hydrogen) atoms. The number of imidazole rings is 1. The molecule has 2 aromatic rings. The molecule has 2 rings (SSSR count). The standard InChI is InChI=1S/C10H11N3O2/c1-2-13-5-12-9-7(11)3-6(10(14)15)4-8(9)13/h3-5H,2,11H2,1H3,(H,14,15). The molecule has 0 spiro atoms. The van der Waals surface area contributed by atoms with E-state index in [2.05, 4.69) is 4.98 Å². The van der Waals surface area contributed by atoms with E-state index >= 15 is 0 Å². The van der Waals surface area contributed by atoms with Crippen LogP contribution in [-0.4, -0.2) is 20.6 Å². The molecule has 78 valence electrons. The molecule has 5 nitrogen and oxygen atoms in total. The number of benzene rings is 1. The maximum atomic E-state index is 10.8. The highest BCUT2D eigenvalue weighted by molar-refractivity contribution is 5.97. The van der Waals surface area contributed by atoms with Crippen LogP contribution in [0.1, 0.15) is 17.3 Å². The van der Waals surface area contributed by atoms with E-state index in [-0.39, 0.29) is 5.56 Å². The summed E-state index contributed by atoms with van der Waals surface area (Å²) >= 11 is 0. The Kier molecular flexibility index (Phi) is 2.07. The van der Waals surface area contributed by atoms with Gasteiger partial charge >= 0.3 is 5.97 Å². The number of rotatable bonds is 2. The van der Waals surface area contributed by atoms with Gasteiger partial charge in [-0.2, -0.15) is 0 Å². The molecule has 0 aliphatic carbocycles. The van der Waals surface area contributed by atoms with Crippen LogP contribution in [0.15, 0.2) is 18.5 Å². The van der Waals surface area contributed by atoms with Crippen LogP contribution in [-0.2, 0) is 6.54 Å². The van der Waals surface area contributed by atoms with Gasteiger partial charge in [-0.25, -0.2) is 9.78 Å². The molecule has 1 heterocycles. The number of carboxylic acids is 1. The smallest absolute Gasteiger partial charge is 0.335 e. The number of carboxylic acid groups (broad SMARTS) is 1. The van der Waals surface area contributed by atoms with Gasteiger partial charge in [0.25, 0.3) is 0 Å². The van der Waals surface area contributed by atoms with Crippen LogP contribution in [0.25, 0.3) is 11.0 Å². The fourth-order valence-electron chi connectivity index (χ4n) is 1.57. The normalized spacial score (nSPS) is 10.7. The fraction of sp³-hybridized carbons (Fsp3) is 0.200. The third kappa shape index (κ3) is 1.41. The van der Waals surface area contributed by atoms with E-state index in [1.165, 1.54) is 6.07 Å². The second kappa shape index (κ2) is 3.27. The van der Waals surface area contributed by atoms with Gasteiger partial charge in [0.15, 0.2) is 0 Å². The number of aromatic nitrogens is 2. The van der Waals surface area contributed by atoms with Gasteiger partial charge in [0.05, 0.1) is 23.1 Å². The van der Waals surface area contributed by atoms with Crippen molar-refractivity contribution in [2.75, 3.05) is 5.73 Å². The number of carbonyl (C=O) groups is 1. The number of fused-ring (bicyclic) bond motifs is 1. The number of anilines is 1. The minimum atomic E-state index is -0.979. The zero-order valence-electron chi connectivity index (χ0n) is 8.27. The Balaban J connectivity index is 2.77. The number of aromatic carboxylic acids is 1. The van der Waals surface area contributed by atoms with Gasteiger partial charge in [0, 0.05) is 6.54 Å². The molecule has 0 unspecified atom stereocenters. The second-order valence-corrected chi connectivity index (χ2v) is 3.27. The zero-order valence-corrected chi connectivity index (χ0v) is 8.27. The van der Waals surface area contributed by atoms with Crippen LogP contribution in [0, 0.1) is 0 Å². The molecule has 3 N–H and O–H groups in total. The predicted molar refractivity (Wildman–Crippen MR) is 56.8 cm³/mol. The van der Waals surface area contributed by atoms with Crippen molar-refractivity contribution in [1.29, 1.82) is 0 Å². The highest BCUT2D eigenvalue weighted by Gasteiger charge is 2.10. The molecule has 0 fully saturated rings. The van der Waals surface area contributed by atoms with Gasteiger partial charge in [-0.1, -0.05) is 0 Å². The van der Waals surface area contributed by atoms with Gasteiger partial charge in [0.2, 0.25) is 0 Å². The highest BCUT2D eigenvalue weighted by Crippen LogP contribution is 2.21. The van der Waals surface area contributed by atoms with Gasteiger partial charge in [-0.05, 0) is 19.1 Å². The lowest BCUT2D eigenvalue weighted by molar-refractivity contribution is 0.0697. The second-order valence-electron chi connectivity index (χ2n) is 3.27. The number of nitrogens with two attached hydrogens (primary N) is 1. The number of hydrogen-bond acceptors (Lipinski definition) is 3. The molecule has 5 heteroatoms. The summed E-state index contributed by atoms with van der Waals surface area (Å²) in [6.45, 7) is 2.70. The molecule has 0 saturated heterocycles. The van der Waals surface area contributed by atoms with Gasteiger partial charge in [-0.15, -0.1) is 0 Å². The van der Waals surface area contributed by atoms with Crippen LogP contribution in [0.2, 0.25) is 0 Å². The molecule has 0 atom stereocenters. The van der Waals surface area contributed by atoms with Crippen molar-refractivity contribution < 1.29 is 9.90 Å². The Labute approximate surface area is 86.1 Å². The van der Waals surface area contributed by atoms with E-state index in [1.807, 2.05) is 11.5 Å². The molecule has 0 saturated carbocycles. The van der Waals surface area contributed by atoms with Crippen molar-refractivity contribution in [1.82, 2.24) is 9.55 Å². The van der Waals surface area contributed by atoms with Crippen molar-refractivity contribution in [2.24, 2.45) is 0 Å². The molecule has 1 aromatic carbocycles. The van der Waals surface area contributed by atoms with Crippen molar-refractivity contribution in [2.45, 2.75) is 13.5 Å². The molecule has 1 aromatic heterocycles. The van der Waals surface area contributed by atoms with Crippen LogP contribution < -0.4 is 5.73 Å². The maximum Gasteiger partial charge on any atom is 0.335 e. The Bertz CT molecular complexity index is 531. The lowest BCUT2D eigenvalue weighted by Crippen LogP contribution is -2.00. The average molecular weight is 205 g/mol. The van der Waals surface area contributed by atoms with Crippen molar-refractivity contribution in [3.63, 3.8) is 0 Å². The third-order valence-electron chi connectivity index (χ3n) is 2.34. The summed E-state index contributed by atoms with van der Waals surface area (Å²) < 4.78 is 1.86. The molecule has 0 radical (unpaired) electrons. The summed E-state index contributed by atoms with van der Waals surface area (Å²) in [5, 5.41) is 8.88. The average Bonchev–Trinajstić information content (AvgIpc) is 2.60. The molecule has 0 amide bonds. The predicted octanol–water partition coefficient (Wildman–Crippen LogP) is 1.34. The van der Waals surface area contributed by atoms with E-state index in [4.69, 9.17) is 10.8 Å². The first-order valence-electron chi connectivity index (χ1n) is 4.61. The first-order chi connectivity index (χ1) is 7.13. The Morgan fingerprint density at radius 1 is 1.60 bits per heavy atom. The third-order valence-corrected chi connectivity index (χ3v) is 2.34. The summed E-state index contributed by atoms with van der Waals surface area (Å²) in [6.07, 6.45) is 1.66. The van der Waals surface area contributed by atoms with Gasteiger partial charge < -0.3 is 15.4 Å². The van der Waals surface area contributed by atoms with E-state index in [1.54, 1.807) is 12.4 Å². The summed E-state index contributed by atoms with van der Waals surface area (Å²) in [4.78, 5) is 15.0. The number of nitrogen functional groups attached to an aromatic ring is 1. The van der Waals surface area contributed by atoms with Gasteiger partial charge in [0.1, 0.15) is 5.52 Å². The van der Waals surface area contributed by atoms with Crippen LogP contribution in [0.3, 0.4) is 0 Å². The Morgan fingerprint density at radius 2 is 2.33 bits per heavy atom. The molecular formula is C10H11N3O2. The molecule has 0 aliphatic heterocycles. The summed E-state index contributed by atoms with van der Waals surface area (Å²) in [5.74, 6) is -0.979. The minimum absolute atomic E-state index is 0.190. The van der Waals surface area contributed by atoms with Crippen molar-refractivity contribution in [3.05, 3.63) is 24.0 Å². The first-order valence-corrected chi connectivity index (χ1v) is 4.61. The van der Waals surface area contributed by atoms with E-state index in [9.17, 15) is 4.79 Å². The van der Waals surface area contributed by atoms with Crippen LogP contribution >= 0.6 is 0 Å². The lowest BCUT2D eigenvalue weighted by atomic mass is 10.1. The SMILES string of the molecule is CCn1cnc2c(N)cc(C(=O)O)cc21. The first kappa shape index (κ1) is 9.51. The number of aryl methyl sites for hydroxylation is 1. The highest BCUT2D eigenvalue weighted by atomic mass is 16.4. The van der Waals surface area contributed by atoms with Crippen molar-refractivity contribution in [3.8, 4) is 0 Å². The monoisotopic (exact) mass is 205 g/mol. The molecule has 0 aliphatic rings. The molecule has 0 bridgehead atoms. The van der Waals surface area contributed by atoms with Crippen LogP contribution in [0.5, 0.6) is 0 Å².